The lowest BCUT2D eigenvalue weighted by molar-refractivity contribution is 0.299. The number of hydrogen-bond donors (Lipinski definition) is 2. The van der Waals surface area contributed by atoms with Crippen molar-refractivity contribution in [1.29, 1.82) is 0 Å². The summed E-state index contributed by atoms with van der Waals surface area (Å²) in [6.07, 6.45) is 4.31. The molecule has 0 saturated heterocycles. The van der Waals surface area contributed by atoms with E-state index in [4.69, 9.17) is 0 Å². The molecule has 0 aliphatic rings. The number of rotatable bonds is 6. The highest BCUT2D eigenvalue weighted by molar-refractivity contribution is 7.89. The quantitative estimate of drug-likeness (QED) is 0.707. The molecule has 2 heterocycles. The Kier molecular flexibility index (Phi) is 4.61. The molecule has 1 unspecified atom stereocenters. The fraction of sp³-hybridized carbons (Fsp3) is 0.250. The second kappa shape index (κ2) is 6.68. The number of H-pyrrole nitrogens is 1. The van der Waals surface area contributed by atoms with Gasteiger partial charge in [0.25, 0.3) is 0 Å². The molecular weight excluding hydrogens is 326 g/mol. The van der Waals surface area contributed by atoms with Crippen molar-refractivity contribution in [3.63, 3.8) is 0 Å². The molecule has 1 atom stereocenters. The predicted molar refractivity (Wildman–Crippen MR) is 91.9 cm³/mol. The first-order chi connectivity index (χ1) is 11.5. The Balaban J connectivity index is 1.84. The van der Waals surface area contributed by atoms with Gasteiger partial charge in [0.15, 0.2) is 0 Å². The van der Waals surface area contributed by atoms with Crippen molar-refractivity contribution in [2.75, 3.05) is 20.6 Å². The molecule has 2 N–H and O–H groups in total. The average molecular weight is 345 g/mol. The van der Waals surface area contributed by atoms with Crippen LogP contribution in [0, 0.1) is 0 Å². The second-order valence-corrected chi connectivity index (χ2v) is 7.42. The van der Waals surface area contributed by atoms with Gasteiger partial charge in [0.2, 0.25) is 10.0 Å². The van der Waals surface area contributed by atoms with Crippen LogP contribution < -0.4 is 4.72 Å². The minimum atomic E-state index is -3.67. The van der Waals surface area contributed by atoms with Gasteiger partial charge in [-0.1, -0.05) is 30.3 Å². The Labute approximate surface area is 140 Å². The van der Waals surface area contributed by atoms with E-state index >= 15 is 0 Å². The normalized spacial score (nSPS) is 13.5. The first-order valence-corrected chi connectivity index (χ1v) is 8.95. The van der Waals surface area contributed by atoms with Crippen molar-refractivity contribution in [2.45, 2.75) is 10.9 Å². The maximum atomic E-state index is 12.7. The SMILES string of the molecule is CN(C)C(CNS(=O)(=O)c1c[nH]c2ncncc12)c1ccccc1. The minimum absolute atomic E-state index is 0.0672. The van der Waals surface area contributed by atoms with Crippen LogP contribution in [0.4, 0.5) is 0 Å². The largest absolute Gasteiger partial charge is 0.345 e. The van der Waals surface area contributed by atoms with Gasteiger partial charge in [-0.15, -0.1) is 0 Å². The number of aromatic amines is 1. The third-order valence-corrected chi connectivity index (χ3v) is 5.35. The van der Waals surface area contributed by atoms with Crippen LogP contribution in [0.15, 0.2) is 53.9 Å². The van der Waals surface area contributed by atoms with Crippen LogP contribution in [0.1, 0.15) is 11.6 Å². The van der Waals surface area contributed by atoms with E-state index in [-0.39, 0.29) is 17.5 Å². The summed E-state index contributed by atoms with van der Waals surface area (Å²) in [5.41, 5.74) is 1.55. The lowest BCUT2D eigenvalue weighted by atomic mass is 10.1. The minimum Gasteiger partial charge on any atom is -0.345 e. The summed E-state index contributed by atoms with van der Waals surface area (Å²) in [5.74, 6) is 0. The highest BCUT2D eigenvalue weighted by Gasteiger charge is 2.22. The van der Waals surface area contributed by atoms with Gasteiger partial charge >= 0.3 is 0 Å². The van der Waals surface area contributed by atoms with E-state index in [1.807, 2.05) is 49.3 Å². The molecule has 0 spiro atoms. The Morgan fingerprint density at radius 3 is 2.71 bits per heavy atom. The Morgan fingerprint density at radius 1 is 1.25 bits per heavy atom. The van der Waals surface area contributed by atoms with Gasteiger partial charge < -0.3 is 9.88 Å². The van der Waals surface area contributed by atoms with Gasteiger partial charge in [0, 0.05) is 25.0 Å². The molecule has 1 aromatic carbocycles. The summed E-state index contributed by atoms with van der Waals surface area (Å²) in [6.45, 7) is 0.264. The maximum Gasteiger partial charge on any atom is 0.242 e. The van der Waals surface area contributed by atoms with Gasteiger partial charge in [-0.25, -0.2) is 23.1 Å². The van der Waals surface area contributed by atoms with E-state index in [9.17, 15) is 8.42 Å². The van der Waals surface area contributed by atoms with Crippen LogP contribution in [0.5, 0.6) is 0 Å². The molecule has 8 heteroatoms. The van der Waals surface area contributed by atoms with Crippen LogP contribution in [0.25, 0.3) is 11.0 Å². The number of hydrogen-bond acceptors (Lipinski definition) is 5. The molecule has 0 fully saturated rings. The van der Waals surface area contributed by atoms with Crippen LogP contribution in [0.3, 0.4) is 0 Å². The van der Waals surface area contributed by atoms with E-state index in [0.717, 1.165) is 5.56 Å². The molecule has 0 bridgehead atoms. The molecule has 0 amide bonds. The Bertz CT molecular complexity index is 922. The zero-order valence-electron chi connectivity index (χ0n) is 13.5. The molecule has 0 radical (unpaired) electrons. The smallest absolute Gasteiger partial charge is 0.242 e. The van der Waals surface area contributed by atoms with Crippen LogP contribution in [0.2, 0.25) is 0 Å². The molecule has 2 aromatic heterocycles. The van der Waals surface area contributed by atoms with Gasteiger partial charge in [-0.2, -0.15) is 0 Å². The van der Waals surface area contributed by atoms with Crippen LogP contribution in [-0.4, -0.2) is 48.9 Å². The van der Waals surface area contributed by atoms with Gasteiger partial charge in [-0.3, -0.25) is 0 Å². The summed E-state index contributed by atoms with van der Waals surface area (Å²) in [7, 11) is 0.176. The zero-order valence-corrected chi connectivity index (χ0v) is 14.3. The van der Waals surface area contributed by atoms with Crippen LogP contribution in [-0.2, 0) is 10.0 Å². The third-order valence-electron chi connectivity index (χ3n) is 3.88. The van der Waals surface area contributed by atoms with Gasteiger partial charge in [0.05, 0.1) is 5.39 Å². The number of nitrogens with one attached hydrogen (secondary N) is 2. The predicted octanol–water partition coefficient (Wildman–Crippen LogP) is 1.54. The number of nitrogens with zero attached hydrogens (tertiary/aromatic N) is 3. The highest BCUT2D eigenvalue weighted by Crippen LogP contribution is 2.21. The highest BCUT2D eigenvalue weighted by atomic mass is 32.2. The maximum absolute atomic E-state index is 12.7. The zero-order chi connectivity index (χ0) is 17.2. The number of sulfonamides is 1. The Morgan fingerprint density at radius 2 is 2.00 bits per heavy atom. The number of benzene rings is 1. The monoisotopic (exact) mass is 345 g/mol. The van der Waals surface area contributed by atoms with Gasteiger partial charge in [-0.05, 0) is 19.7 Å². The summed E-state index contributed by atoms with van der Waals surface area (Å²) in [5, 5.41) is 0.478. The van der Waals surface area contributed by atoms with Crippen molar-refractivity contribution in [3.05, 3.63) is 54.6 Å². The van der Waals surface area contributed by atoms with Crippen LogP contribution >= 0.6 is 0 Å². The summed E-state index contributed by atoms with van der Waals surface area (Å²) >= 11 is 0. The summed E-state index contributed by atoms with van der Waals surface area (Å²) < 4.78 is 28.0. The third kappa shape index (κ3) is 3.30. The van der Waals surface area contributed by atoms with E-state index in [0.29, 0.717) is 11.0 Å². The lowest BCUT2D eigenvalue weighted by Gasteiger charge is -2.25. The Hall–Kier alpha value is -2.29. The molecule has 3 aromatic rings. The van der Waals surface area contributed by atoms with Crippen molar-refractivity contribution >= 4 is 21.1 Å². The summed E-state index contributed by atoms with van der Waals surface area (Å²) in [6, 6.07) is 9.72. The first-order valence-electron chi connectivity index (χ1n) is 7.47. The van der Waals surface area contributed by atoms with E-state index in [2.05, 4.69) is 19.7 Å². The lowest BCUT2D eigenvalue weighted by Crippen LogP contribution is -2.34. The number of aromatic nitrogens is 3. The van der Waals surface area contributed by atoms with E-state index in [1.54, 1.807) is 0 Å². The summed E-state index contributed by atoms with van der Waals surface area (Å²) in [4.78, 5) is 12.9. The molecular formula is C16H19N5O2S. The second-order valence-electron chi connectivity index (χ2n) is 5.68. The van der Waals surface area contributed by atoms with Crippen molar-refractivity contribution in [3.8, 4) is 0 Å². The molecule has 3 rings (SSSR count). The fourth-order valence-electron chi connectivity index (χ4n) is 2.60. The number of likely N-dealkylation sites (N-methyl/N-ethyl adjacent to an activating group) is 1. The molecule has 7 nitrogen and oxygen atoms in total. The van der Waals surface area contributed by atoms with Crippen molar-refractivity contribution in [2.24, 2.45) is 0 Å². The molecule has 0 aliphatic carbocycles. The van der Waals surface area contributed by atoms with Crippen molar-refractivity contribution in [1.82, 2.24) is 24.6 Å². The fourth-order valence-corrected chi connectivity index (χ4v) is 3.78. The van der Waals surface area contributed by atoms with Crippen molar-refractivity contribution < 1.29 is 8.42 Å². The molecule has 0 saturated carbocycles. The standard InChI is InChI=1S/C16H19N5O2S/c1-21(2)14(12-6-4-3-5-7-12)9-20-24(22,23)15-10-18-16-13(15)8-17-11-19-16/h3-8,10-11,14,20H,9H2,1-2H3,(H,17,18,19). The number of fused-ring (bicyclic) bond motifs is 1. The van der Waals surface area contributed by atoms with Gasteiger partial charge in [0.1, 0.15) is 16.9 Å². The molecule has 126 valence electrons. The topological polar surface area (TPSA) is 91.0 Å². The average Bonchev–Trinajstić information content (AvgIpc) is 3.00. The first kappa shape index (κ1) is 16.6. The van der Waals surface area contributed by atoms with E-state index in [1.165, 1.54) is 18.7 Å². The molecule has 0 aliphatic heterocycles. The van der Waals surface area contributed by atoms with E-state index < -0.39 is 10.0 Å². The molecule has 24 heavy (non-hydrogen) atoms.